The van der Waals surface area contributed by atoms with Gasteiger partial charge in [-0.05, 0) is 60.2 Å². The van der Waals surface area contributed by atoms with Crippen LogP contribution in [0.3, 0.4) is 0 Å². The second-order valence-corrected chi connectivity index (χ2v) is 8.22. The van der Waals surface area contributed by atoms with Crippen LogP contribution in [0.2, 0.25) is 0 Å². The first-order valence-electron chi connectivity index (χ1n) is 10.1. The molecule has 1 N–H and O–H groups in total. The number of nitrogens with one attached hydrogen (secondary N) is 1. The van der Waals surface area contributed by atoms with Crippen molar-refractivity contribution in [2.75, 3.05) is 5.32 Å². The van der Waals surface area contributed by atoms with E-state index in [-0.39, 0.29) is 26.1 Å². The molecular weight excluding hydrogens is 471 g/mol. The molecule has 0 aliphatic carbocycles. The predicted molar refractivity (Wildman–Crippen MR) is 130 cm³/mol. The molecule has 4 aromatic rings. The number of hydrogen-bond acceptors (Lipinski definition) is 6. The lowest BCUT2D eigenvalue weighted by Gasteiger charge is -2.05. The molecule has 1 amide bonds. The molecule has 0 fully saturated rings. The summed E-state index contributed by atoms with van der Waals surface area (Å²) in [5, 5.41) is 23.3. The predicted octanol–water partition coefficient (Wildman–Crippen LogP) is 3.09. The normalized spacial score (nSPS) is 12.1. The number of amides is 1. The third kappa shape index (κ3) is 5.05. The standard InChI is InChI=1S/C25H15FN4O4S/c26-17-8-10-18(11-9-17)28-23(31)21(15-27)25-29(19-4-2-1-3-5-19)24(32)22(35-25)14-16-6-12-20(13-7-16)30(33)34/h1-14H,(H,28,31)/b22-14+,25-21-. The Kier molecular flexibility index (Phi) is 6.62. The fraction of sp³-hybridized carbons (Fsp3) is 0. The second-order valence-electron chi connectivity index (χ2n) is 7.19. The van der Waals surface area contributed by atoms with Crippen molar-refractivity contribution in [3.05, 3.63) is 120 Å². The average Bonchev–Trinajstić information content (AvgIpc) is 3.17. The van der Waals surface area contributed by atoms with Crippen LogP contribution >= 0.6 is 11.3 Å². The van der Waals surface area contributed by atoms with Crippen molar-refractivity contribution < 1.29 is 14.1 Å². The van der Waals surface area contributed by atoms with Gasteiger partial charge in [0.05, 0.1) is 15.1 Å². The van der Waals surface area contributed by atoms with Gasteiger partial charge in [-0.2, -0.15) is 5.26 Å². The zero-order valence-electron chi connectivity index (χ0n) is 17.8. The van der Waals surface area contributed by atoms with Gasteiger partial charge in [-0.15, -0.1) is 11.3 Å². The zero-order chi connectivity index (χ0) is 24.9. The van der Waals surface area contributed by atoms with Gasteiger partial charge in [0.25, 0.3) is 17.2 Å². The maximum absolute atomic E-state index is 13.3. The van der Waals surface area contributed by atoms with Crippen molar-refractivity contribution in [3.8, 4) is 11.8 Å². The van der Waals surface area contributed by atoms with Gasteiger partial charge in [0.15, 0.2) is 5.57 Å². The Morgan fingerprint density at radius 2 is 1.71 bits per heavy atom. The van der Waals surface area contributed by atoms with Crippen molar-refractivity contribution in [1.29, 1.82) is 5.26 Å². The van der Waals surface area contributed by atoms with Gasteiger partial charge < -0.3 is 5.32 Å². The number of carbonyl (C=O) groups is 1. The van der Waals surface area contributed by atoms with Crippen molar-refractivity contribution >= 4 is 40.3 Å². The Bertz CT molecular complexity index is 1640. The lowest BCUT2D eigenvalue weighted by atomic mass is 10.2. The summed E-state index contributed by atoms with van der Waals surface area (Å²) >= 11 is 0.941. The molecule has 10 heteroatoms. The van der Waals surface area contributed by atoms with Crippen molar-refractivity contribution in [3.63, 3.8) is 0 Å². The first kappa shape index (κ1) is 23.3. The molecule has 0 unspecified atom stereocenters. The highest BCUT2D eigenvalue weighted by atomic mass is 32.1. The second kappa shape index (κ2) is 9.94. The summed E-state index contributed by atoms with van der Waals surface area (Å²) in [6.45, 7) is 0. The molecule has 0 aliphatic heterocycles. The Balaban J connectivity index is 1.91. The Morgan fingerprint density at radius 3 is 2.31 bits per heavy atom. The Morgan fingerprint density at radius 1 is 1.06 bits per heavy atom. The summed E-state index contributed by atoms with van der Waals surface area (Å²) in [7, 11) is 0. The fourth-order valence-electron chi connectivity index (χ4n) is 3.23. The van der Waals surface area contributed by atoms with Crippen LogP contribution in [0.15, 0.2) is 83.7 Å². The minimum absolute atomic E-state index is 0.0896. The molecule has 0 spiro atoms. The van der Waals surface area contributed by atoms with E-state index in [1.165, 1.54) is 59.2 Å². The lowest BCUT2D eigenvalue weighted by Crippen LogP contribution is -2.32. The third-order valence-electron chi connectivity index (χ3n) is 4.89. The molecule has 1 aromatic heterocycles. The molecule has 4 rings (SSSR count). The number of nitrogens with zero attached hydrogens (tertiary/aromatic N) is 3. The number of carbonyl (C=O) groups excluding carboxylic acids is 1. The van der Waals surface area contributed by atoms with Crippen molar-refractivity contribution in [2.45, 2.75) is 0 Å². The van der Waals surface area contributed by atoms with E-state index in [1.54, 1.807) is 30.3 Å². The van der Waals surface area contributed by atoms with Crippen molar-refractivity contribution in [1.82, 2.24) is 4.57 Å². The summed E-state index contributed by atoms with van der Waals surface area (Å²) in [6, 6.07) is 21.1. The molecule has 0 saturated heterocycles. The van der Waals surface area contributed by atoms with Crippen LogP contribution in [0.25, 0.3) is 17.3 Å². The molecule has 0 saturated carbocycles. The van der Waals surface area contributed by atoms with Gasteiger partial charge in [-0.3, -0.25) is 24.3 Å². The SMILES string of the molecule is N#C/C(C(=O)Nc1ccc(F)cc1)=c1/s/c(=C/c2ccc([N+](=O)[O-])cc2)c(=O)n1-c1ccccc1. The molecular formula is C25H15FN4O4S. The number of nitro groups is 1. The molecule has 172 valence electrons. The quantitative estimate of drug-likeness (QED) is 0.344. The highest BCUT2D eigenvalue weighted by molar-refractivity contribution is 7.07. The van der Waals surface area contributed by atoms with Gasteiger partial charge in [0.1, 0.15) is 16.5 Å². The number of nitriles is 1. The number of thiazole rings is 1. The summed E-state index contributed by atoms with van der Waals surface area (Å²) < 4.78 is 14.8. The Labute approximate surface area is 201 Å². The van der Waals surface area contributed by atoms with E-state index in [1.807, 2.05) is 6.07 Å². The van der Waals surface area contributed by atoms with E-state index in [0.717, 1.165) is 11.3 Å². The summed E-state index contributed by atoms with van der Waals surface area (Å²) in [5.41, 5.74) is 0.421. The topological polar surface area (TPSA) is 118 Å². The number of para-hydroxylation sites is 1. The van der Waals surface area contributed by atoms with Crippen LogP contribution < -0.4 is 20.1 Å². The largest absolute Gasteiger partial charge is 0.321 e. The average molecular weight is 486 g/mol. The minimum Gasteiger partial charge on any atom is -0.321 e. The van der Waals surface area contributed by atoms with Gasteiger partial charge in [-0.1, -0.05) is 18.2 Å². The van der Waals surface area contributed by atoms with Crippen LogP contribution in [0.4, 0.5) is 15.8 Å². The van der Waals surface area contributed by atoms with Gasteiger partial charge in [0, 0.05) is 17.8 Å². The van der Waals surface area contributed by atoms with Crippen LogP contribution in [0.1, 0.15) is 5.56 Å². The molecule has 3 aromatic carbocycles. The number of aromatic nitrogens is 1. The molecule has 0 aliphatic rings. The van der Waals surface area contributed by atoms with Crippen LogP contribution in [0, 0.1) is 27.3 Å². The minimum atomic E-state index is -0.757. The maximum Gasteiger partial charge on any atom is 0.273 e. The maximum atomic E-state index is 13.3. The third-order valence-corrected chi connectivity index (χ3v) is 5.99. The van der Waals surface area contributed by atoms with E-state index in [4.69, 9.17) is 0 Å². The molecule has 0 bridgehead atoms. The van der Waals surface area contributed by atoms with E-state index >= 15 is 0 Å². The fourth-order valence-corrected chi connectivity index (χ4v) is 4.33. The number of hydrogen-bond donors (Lipinski definition) is 1. The number of nitro benzene ring substituents is 1. The van der Waals surface area contributed by atoms with Gasteiger partial charge in [0.2, 0.25) is 0 Å². The van der Waals surface area contributed by atoms with Crippen LogP contribution in [-0.2, 0) is 4.79 Å². The summed E-state index contributed by atoms with van der Waals surface area (Å²) in [6.07, 6.45) is 1.53. The highest BCUT2D eigenvalue weighted by Crippen LogP contribution is 2.13. The van der Waals surface area contributed by atoms with E-state index < -0.39 is 22.2 Å². The van der Waals surface area contributed by atoms with Crippen LogP contribution in [0.5, 0.6) is 0 Å². The van der Waals surface area contributed by atoms with Crippen molar-refractivity contribution in [2.24, 2.45) is 0 Å². The summed E-state index contributed by atoms with van der Waals surface area (Å²) in [5.74, 6) is -1.23. The molecule has 35 heavy (non-hydrogen) atoms. The highest BCUT2D eigenvalue weighted by Gasteiger charge is 2.17. The van der Waals surface area contributed by atoms with Gasteiger partial charge >= 0.3 is 0 Å². The smallest absolute Gasteiger partial charge is 0.273 e. The van der Waals surface area contributed by atoms with E-state index in [9.17, 15) is 29.4 Å². The van der Waals surface area contributed by atoms with Crippen LogP contribution in [-0.4, -0.2) is 15.4 Å². The number of benzene rings is 3. The van der Waals surface area contributed by atoms with E-state index in [0.29, 0.717) is 11.3 Å². The summed E-state index contributed by atoms with van der Waals surface area (Å²) in [4.78, 5) is 36.7. The lowest BCUT2D eigenvalue weighted by molar-refractivity contribution is -0.384. The number of rotatable bonds is 5. The molecule has 0 atom stereocenters. The Hall–Kier alpha value is -4.88. The van der Waals surface area contributed by atoms with Gasteiger partial charge in [-0.25, -0.2) is 4.39 Å². The number of halogens is 1. The molecule has 1 heterocycles. The molecule has 8 nitrogen and oxygen atoms in total. The number of anilines is 1. The monoisotopic (exact) mass is 486 g/mol. The number of non-ortho nitro benzene ring substituents is 1. The van der Waals surface area contributed by atoms with E-state index in [2.05, 4.69) is 5.32 Å². The first-order chi connectivity index (χ1) is 16.9. The molecule has 0 radical (unpaired) electrons. The zero-order valence-corrected chi connectivity index (χ0v) is 18.7. The first-order valence-corrected chi connectivity index (χ1v) is 10.9.